The summed E-state index contributed by atoms with van der Waals surface area (Å²) in [6.45, 7) is 14.3. The lowest BCUT2D eigenvalue weighted by Gasteiger charge is -2.19. The second-order valence-corrected chi connectivity index (χ2v) is 12.7. The van der Waals surface area contributed by atoms with Crippen LogP contribution in [0, 0.1) is 20.8 Å². The molecule has 234 valence electrons. The van der Waals surface area contributed by atoms with E-state index in [-0.39, 0.29) is 17.1 Å². The molecule has 45 heavy (non-hydrogen) atoms. The summed E-state index contributed by atoms with van der Waals surface area (Å²) in [6, 6.07) is 24.1. The number of aromatic nitrogens is 3. The number of rotatable bonds is 11. The molecule has 5 rings (SSSR count). The number of furan rings is 1. The highest BCUT2D eigenvalue weighted by atomic mass is 16.5. The summed E-state index contributed by atoms with van der Waals surface area (Å²) < 4.78 is 19.6. The molecule has 2 heterocycles. The van der Waals surface area contributed by atoms with Crippen molar-refractivity contribution in [1.29, 1.82) is 0 Å². The third kappa shape index (κ3) is 8.20. The van der Waals surface area contributed by atoms with Gasteiger partial charge in [-0.3, -0.25) is 4.79 Å². The van der Waals surface area contributed by atoms with Crippen molar-refractivity contribution in [3.05, 3.63) is 130 Å². The zero-order valence-electron chi connectivity index (χ0n) is 27.3. The van der Waals surface area contributed by atoms with E-state index in [2.05, 4.69) is 80.5 Å². The van der Waals surface area contributed by atoms with E-state index < -0.39 is 0 Å². The summed E-state index contributed by atoms with van der Waals surface area (Å²) >= 11 is 0. The lowest BCUT2D eigenvalue weighted by Crippen LogP contribution is -2.26. The molecule has 2 aromatic heterocycles. The van der Waals surface area contributed by atoms with E-state index in [1.807, 2.05) is 38.2 Å². The molecule has 0 unspecified atom stereocenters. The first-order chi connectivity index (χ1) is 21.4. The molecule has 0 bridgehead atoms. The minimum Gasteiger partial charge on any atom is -0.488 e. The van der Waals surface area contributed by atoms with Gasteiger partial charge in [0.1, 0.15) is 42.7 Å². The first-order valence-corrected chi connectivity index (χ1v) is 15.2. The quantitative estimate of drug-likeness (QED) is 0.154. The van der Waals surface area contributed by atoms with Crippen LogP contribution in [0.4, 0.5) is 0 Å². The van der Waals surface area contributed by atoms with Crippen LogP contribution >= 0.6 is 0 Å². The van der Waals surface area contributed by atoms with Crippen LogP contribution in [0.3, 0.4) is 0 Å². The molecule has 1 amide bonds. The zero-order valence-corrected chi connectivity index (χ0v) is 27.3. The van der Waals surface area contributed by atoms with Crippen LogP contribution in [0.1, 0.15) is 76.2 Å². The lowest BCUT2D eigenvalue weighted by molar-refractivity contribution is 0.0751. The third-order valence-electron chi connectivity index (χ3n) is 7.64. The van der Waals surface area contributed by atoms with Crippen molar-refractivity contribution in [3.63, 3.8) is 0 Å². The standard InChI is InChI=1S/C37H42N4O4/c1-25-9-8-10-28(17-25)23-44-35-26(2)18-29(19-27(35)3)20-40(7)36(42)34-16-15-33(45-34)22-41-21-31(38-39-41)24-43-32-13-11-30(12-14-32)37(4,5)6/h8-19,21H,20,22-24H2,1-7H3. The fraction of sp³-hybridized carbons (Fsp3) is 0.324. The Labute approximate surface area is 265 Å². The summed E-state index contributed by atoms with van der Waals surface area (Å²) in [7, 11) is 1.78. The number of carbonyl (C=O) groups is 1. The number of benzene rings is 3. The smallest absolute Gasteiger partial charge is 0.289 e. The van der Waals surface area contributed by atoms with Crippen LogP contribution in [0.15, 0.2) is 83.4 Å². The van der Waals surface area contributed by atoms with E-state index in [1.165, 1.54) is 11.1 Å². The predicted octanol–water partition coefficient (Wildman–Crippen LogP) is 7.57. The van der Waals surface area contributed by atoms with Crippen molar-refractivity contribution in [2.45, 2.75) is 73.3 Å². The second-order valence-electron chi connectivity index (χ2n) is 12.7. The molecule has 0 saturated heterocycles. The van der Waals surface area contributed by atoms with Gasteiger partial charge in [-0.25, -0.2) is 4.68 Å². The van der Waals surface area contributed by atoms with Crippen molar-refractivity contribution in [3.8, 4) is 11.5 Å². The Morgan fingerprint density at radius 1 is 0.889 bits per heavy atom. The molecule has 0 aliphatic rings. The molecule has 5 aromatic rings. The SMILES string of the molecule is Cc1cccc(COc2c(C)cc(CN(C)C(=O)c3ccc(Cn4cc(COc5ccc(C(C)(C)C)cc5)nn4)o3)cc2C)c1. The number of ether oxygens (including phenoxy) is 2. The summed E-state index contributed by atoms with van der Waals surface area (Å²) in [4.78, 5) is 14.9. The number of carbonyl (C=O) groups excluding carboxylic acids is 1. The van der Waals surface area contributed by atoms with Crippen molar-refractivity contribution < 1.29 is 18.7 Å². The zero-order chi connectivity index (χ0) is 32.1. The van der Waals surface area contributed by atoms with Crippen LogP contribution < -0.4 is 9.47 Å². The molecular weight excluding hydrogens is 564 g/mol. The van der Waals surface area contributed by atoms with Crippen LogP contribution in [-0.2, 0) is 31.7 Å². The Bertz CT molecular complexity index is 1740. The summed E-state index contributed by atoms with van der Waals surface area (Å²) in [6.07, 6.45) is 1.82. The molecule has 8 nitrogen and oxygen atoms in total. The molecule has 0 saturated carbocycles. The number of nitrogens with zero attached hydrogens (tertiary/aromatic N) is 4. The first kappa shape index (κ1) is 31.6. The molecule has 0 radical (unpaired) electrons. The molecular formula is C37H42N4O4. The molecule has 0 atom stereocenters. The van der Waals surface area contributed by atoms with Gasteiger partial charge in [0, 0.05) is 13.6 Å². The van der Waals surface area contributed by atoms with E-state index in [0.29, 0.717) is 37.8 Å². The van der Waals surface area contributed by atoms with Crippen molar-refractivity contribution in [1.82, 2.24) is 19.9 Å². The highest BCUT2D eigenvalue weighted by Gasteiger charge is 2.18. The summed E-state index contributed by atoms with van der Waals surface area (Å²) in [5, 5.41) is 8.41. The van der Waals surface area contributed by atoms with Crippen LogP contribution in [-0.4, -0.2) is 32.8 Å². The Morgan fingerprint density at radius 3 is 2.31 bits per heavy atom. The normalized spacial score (nSPS) is 11.4. The Hall–Kier alpha value is -4.85. The summed E-state index contributed by atoms with van der Waals surface area (Å²) in [5.41, 5.74) is 7.50. The topological polar surface area (TPSA) is 82.6 Å². The van der Waals surface area contributed by atoms with Crippen LogP contribution in [0.25, 0.3) is 0 Å². The van der Waals surface area contributed by atoms with Crippen LogP contribution in [0.5, 0.6) is 11.5 Å². The Balaban J connectivity index is 1.14. The Morgan fingerprint density at radius 2 is 1.62 bits per heavy atom. The fourth-order valence-corrected chi connectivity index (χ4v) is 5.28. The highest BCUT2D eigenvalue weighted by Crippen LogP contribution is 2.27. The van der Waals surface area contributed by atoms with Gasteiger partial charge in [0.15, 0.2) is 5.76 Å². The predicted molar refractivity (Wildman–Crippen MR) is 175 cm³/mol. The van der Waals surface area contributed by atoms with E-state index in [9.17, 15) is 4.79 Å². The maximum Gasteiger partial charge on any atom is 0.289 e. The van der Waals surface area contributed by atoms with Gasteiger partial charge >= 0.3 is 0 Å². The largest absolute Gasteiger partial charge is 0.488 e. The molecule has 0 fully saturated rings. The third-order valence-corrected chi connectivity index (χ3v) is 7.64. The van der Waals surface area contributed by atoms with E-state index in [1.54, 1.807) is 28.8 Å². The first-order valence-electron chi connectivity index (χ1n) is 15.2. The maximum atomic E-state index is 13.2. The van der Waals surface area contributed by atoms with Gasteiger partial charge in [-0.15, -0.1) is 5.10 Å². The summed E-state index contributed by atoms with van der Waals surface area (Å²) in [5.74, 6) is 2.36. The van der Waals surface area contributed by atoms with Crippen molar-refractivity contribution in [2.75, 3.05) is 7.05 Å². The second kappa shape index (κ2) is 13.4. The number of hydrogen-bond acceptors (Lipinski definition) is 6. The van der Waals surface area contributed by atoms with Gasteiger partial charge < -0.3 is 18.8 Å². The van der Waals surface area contributed by atoms with Gasteiger partial charge in [-0.05, 0) is 78.3 Å². The minimum absolute atomic E-state index is 0.0930. The number of aryl methyl sites for hydroxylation is 3. The number of amides is 1. The van der Waals surface area contributed by atoms with E-state index in [4.69, 9.17) is 13.9 Å². The lowest BCUT2D eigenvalue weighted by atomic mass is 9.87. The highest BCUT2D eigenvalue weighted by molar-refractivity contribution is 5.91. The average Bonchev–Trinajstić information content (AvgIpc) is 3.65. The van der Waals surface area contributed by atoms with Gasteiger partial charge in [0.25, 0.3) is 5.91 Å². The van der Waals surface area contributed by atoms with Gasteiger partial charge in [-0.2, -0.15) is 0 Å². The molecule has 0 N–H and O–H groups in total. The molecule has 0 aliphatic carbocycles. The van der Waals surface area contributed by atoms with Crippen molar-refractivity contribution in [2.24, 2.45) is 0 Å². The average molecular weight is 607 g/mol. The van der Waals surface area contributed by atoms with E-state index >= 15 is 0 Å². The van der Waals surface area contributed by atoms with Crippen LogP contribution in [0.2, 0.25) is 0 Å². The molecule has 0 spiro atoms. The minimum atomic E-state index is -0.193. The van der Waals surface area contributed by atoms with Gasteiger partial charge in [0.05, 0.1) is 6.20 Å². The van der Waals surface area contributed by atoms with Gasteiger partial charge in [0.2, 0.25) is 0 Å². The van der Waals surface area contributed by atoms with Crippen molar-refractivity contribution >= 4 is 5.91 Å². The fourth-order valence-electron chi connectivity index (χ4n) is 5.28. The van der Waals surface area contributed by atoms with E-state index in [0.717, 1.165) is 33.8 Å². The molecule has 3 aromatic carbocycles. The molecule has 0 aliphatic heterocycles. The molecule has 8 heteroatoms. The number of hydrogen-bond donors (Lipinski definition) is 0. The monoisotopic (exact) mass is 606 g/mol. The Kier molecular flexibility index (Phi) is 9.42. The maximum absolute atomic E-state index is 13.2. The van der Waals surface area contributed by atoms with Gasteiger partial charge in [-0.1, -0.05) is 80.1 Å².